The van der Waals surface area contributed by atoms with Crippen LogP contribution in [0, 0.1) is 5.92 Å². The van der Waals surface area contributed by atoms with Crippen LogP contribution in [-0.4, -0.2) is 41.4 Å². The van der Waals surface area contributed by atoms with Gasteiger partial charge in [0.1, 0.15) is 5.82 Å². The lowest BCUT2D eigenvalue weighted by Crippen LogP contribution is -2.41. The van der Waals surface area contributed by atoms with Gasteiger partial charge in [-0.05, 0) is 18.8 Å². The average Bonchev–Trinajstić information content (AvgIpc) is 2.95. The molecule has 1 aromatic rings. The molecule has 2 aliphatic rings. The average molecular weight is 297 g/mol. The maximum Gasteiger partial charge on any atom is 0.220 e. The van der Waals surface area contributed by atoms with E-state index in [1.165, 1.54) is 0 Å². The molecule has 1 amide bonds. The number of nitrogens with zero attached hydrogens (tertiary/aromatic N) is 2. The van der Waals surface area contributed by atoms with Crippen LogP contribution in [0.4, 0.5) is 0 Å². The molecule has 20 heavy (non-hydrogen) atoms. The van der Waals surface area contributed by atoms with Crippen LogP contribution in [0.5, 0.6) is 0 Å². The first-order valence-corrected chi connectivity index (χ1v) is 8.84. The molecule has 0 radical (unpaired) electrons. The molecule has 3 rings (SSSR count). The number of amides is 1. The van der Waals surface area contributed by atoms with Crippen LogP contribution in [0.3, 0.4) is 0 Å². The van der Waals surface area contributed by atoms with Crippen LogP contribution in [0.25, 0.3) is 0 Å². The number of hydrogen-bond acceptors (Lipinski definition) is 4. The second-order valence-electron chi connectivity index (χ2n) is 5.77. The van der Waals surface area contributed by atoms with Gasteiger partial charge in [-0.1, -0.05) is 0 Å². The van der Waals surface area contributed by atoms with Crippen molar-refractivity contribution in [3.63, 3.8) is 0 Å². The van der Waals surface area contributed by atoms with Crippen molar-refractivity contribution in [3.05, 3.63) is 18.2 Å². The SMILES string of the molecule is O=C(C[C@@H]1CCS(=O)(=O)C1)N[C@H]1CCc2nccn2C1. The topological polar surface area (TPSA) is 81.1 Å². The summed E-state index contributed by atoms with van der Waals surface area (Å²) in [4.78, 5) is 16.3. The maximum absolute atomic E-state index is 12.0. The summed E-state index contributed by atoms with van der Waals surface area (Å²) in [5, 5.41) is 3.02. The molecule has 2 aliphatic heterocycles. The summed E-state index contributed by atoms with van der Waals surface area (Å²) in [6.07, 6.45) is 6.42. The summed E-state index contributed by atoms with van der Waals surface area (Å²) < 4.78 is 24.8. The van der Waals surface area contributed by atoms with Crippen molar-refractivity contribution in [1.29, 1.82) is 0 Å². The fraction of sp³-hybridized carbons (Fsp3) is 0.692. The zero-order valence-electron chi connectivity index (χ0n) is 11.3. The molecule has 0 spiro atoms. The third kappa shape index (κ3) is 3.03. The standard InChI is InChI=1S/C13H19N3O3S/c17-13(7-10-3-6-20(18,19)9-10)15-11-1-2-12-14-4-5-16(12)8-11/h4-5,10-11H,1-3,6-9H2,(H,15,17)/t10-,11-/m0/s1. The normalized spacial score (nSPS) is 28.0. The van der Waals surface area contributed by atoms with Gasteiger partial charge in [-0.15, -0.1) is 0 Å². The van der Waals surface area contributed by atoms with Crippen molar-refractivity contribution in [2.75, 3.05) is 11.5 Å². The van der Waals surface area contributed by atoms with Crippen molar-refractivity contribution in [3.8, 4) is 0 Å². The van der Waals surface area contributed by atoms with Crippen LogP contribution in [0.1, 0.15) is 25.1 Å². The minimum Gasteiger partial charge on any atom is -0.352 e. The van der Waals surface area contributed by atoms with Crippen LogP contribution in [0.15, 0.2) is 12.4 Å². The Morgan fingerprint density at radius 2 is 2.30 bits per heavy atom. The van der Waals surface area contributed by atoms with E-state index in [9.17, 15) is 13.2 Å². The van der Waals surface area contributed by atoms with Crippen LogP contribution >= 0.6 is 0 Å². The molecule has 1 aromatic heterocycles. The Labute approximate surface area is 118 Å². The van der Waals surface area contributed by atoms with E-state index in [1.807, 2.05) is 6.20 Å². The Kier molecular flexibility index (Phi) is 3.54. The molecular formula is C13H19N3O3S. The van der Waals surface area contributed by atoms with Gasteiger partial charge in [-0.2, -0.15) is 0 Å². The van der Waals surface area contributed by atoms with E-state index in [1.54, 1.807) is 6.20 Å². The van der Waals surface area contributed by atoms with Crippen LogP contribution in [0.2, 0.25) is 0 Å². The van der Waals surface area contributed by atoms with E-state index in [0.717, 1.165) is 25.2 Å². The Morgan fingerprint density at radius 1 is 1.45 bits per heavy atom. The summed E-state index contributed by atoms with van der Waals surface area (Å²) >= 11 is 0. The van der Waals surface area contributed by atoms with Gasteiger partial charge in [-0.25, -0.2) is 13.4 Å². The van der Waals surface area contributed by atoms with Crippen molar-refractivity contribution in [2.24, 2.45) is 5.92 Å². The summed E-state index contributed by atoms with van der Waals surface area (Å²) in [7, 11) is -2.90. The van der Waals surface area contributed by atoms with Crippen molar-refractivity contribution in [1.82, 2.24) is 14.9 Å². The third-order valence-corrected chi connectivity index (χ3v) is 5.94. The molecule has 7 heteroatoms. The van der Waals surface area contributed by atoms with Gasteiger partial charge in [0.15, 0.2) is 9.84 Å². The molecule has 0 aliphatic carbocycles. The molecule has 0 unspecified atom stereocenters. The number of carbonyl (C=O) groups is 1. The first kappa shape index (κ1) is 13.6. The van der Waals surface area contributed by atoms with Crippen LogP contribution < -0.4 is 5.32 Å². The van der Waals surface area contributed by atoms with E-state index < -0.39 is 9.84 Å². The minimum absolute atomic E-state index is 0.00704. The predicted octanol–water partition coefficient (Wildman–Crippen LogP) is 0.139. The highest BCUT2D eigenvalue weighted by Gasteiger charge is 2.30. The minimum atomic E-state index is -2.90. The summed E-state index contributed by atoms with van der Waals surface area (Å²) in [6.45, 7) is 0.754. The summed E-state index contributed by atoms with van der Waals surface area (Å²) in [6, 6.07) is 0.127. The zero-order valence-corrected chi connectivity index (χ0v) is 12.1. The number of fused-ring (bicyclic) bond motifs is 1. The number of aromatic nitrogens is 2. The van der Waals surface area contributed by atoms with Crippen molar-refractivity contribution >= 4 is 15.7 Å². The molecule has 2 atom stereocenters. The quantitative estimate of drug-likeness (QED) is 0.860. The number of aryl methyl sites for hydroxylation is 1. The third-order valence-electron chi connectivity index (χ3n) is 4.10. The smallest absolute Gasteiger partial charge is 0.220 e. The molecule has 0 aromatic carbocycles. The highest BCUT2D eigenvalue weighted by atomic mass is 32.2. The lowest BCUT2D eigenvalue weighted by Gasteiger charge is -2.25. The fourth-order valence-corrected chi connectivity index (χ4v) is 4.93. The second-order valence-corrected chi connectivity index (χ2v) is 8.00. The largest absolute Gasteiger partial charge is 0.352 e. The number of sulfone groups is 1. The van der Waals surface area contributed by atoms with E-state index in [2.05, 4.69) is 14.9 Å². The van der Waals surface area contributed by atoms with E-state index in [4.69, 9.17) is 0 Å². The van der Waals surface area contributed by atoms with E-state index >= 15 is 0 Å². The first-order chi connectivity index (χ1) is 9.52. The Morgan fingerprint density at radius 3 is 3.05 bits per heavy atom. The lowest BCUT2D eigenvalue weighted by atomic mass is 10.0. The van der Waals surface area contributed by atoms with Crippen molar-refractivity contribution in [2.45, 2.75) is 38.3 Å². The van der Waals surface area contributed by atoms with Gasteiger partial charge in [0, 0.05) is 37.8 Å². The van der Waals surface area contributed by atoms with E-state index in [0.29, 0.717) is 12.8 Å². The molecule has 1 saturated heterocycles. The van der Waals surface area contributed by atoms with Crippen LogP contribution in [-0.2, 0) is 27.6 Å². The molecule has 0 saturated carbocycles. The van der Waals surface area contributed by atoms with E-state index in [-0.39, 0.29) is 29.4 Å². The first-order valence-electron chi connectivity index (χ1n) is 7.02. The van der Waals surface area contributed by atoms with Gasteiger partial charge in [0.25, 0.3) is 0 Å². The predicted molar refractivity (Wildman–Crippen MR) is 73.9 cm³/mol. The number of hydrogen-bond donors (Lipinski definition) is 1. The Hall–Kier alpha value is -1.37. The Bertz CT molecular complexity index is 608. The summed E-state index contributed by atoms with van der Waals surface area (Å²) in [5.74, 6) is 1.43. The summed E-state index contributed by atoms with van der Waals surface area (Å²) in [5.41, 5.74) is 0. The molecule has 6 nitrogen and oxygen atoms in total. The number of carbonyl (C=O) groups excluding carboxylic acids is 1. The highest BCUT2D eigenvalue weighted by Crippen LogP contribution is 2.21. The Balaban J connectivity index is 1.51. The molecular weight excluding hydrogens is 278 g/mol. The fourth-order valence-electron chi connectivity index (χ4n) is 3.07. The molecule has 1 fully saturated rings. The lowest BCUT2D eigenvalue weighted by molar-refractivity contribution is -0.122. The number of imidazole rings is 1. The van der Waals surface area contributed by atoms with Gasteiger partial charge in [0.05, 0.1) is 11.5 Å². The maximum atomic E-state index is 12.0. The molecule has 110 valence electrons. The number of rotatable bonds is 3. The van der Waals surface area contributed by atoms with Gasteiger partial charge < -0.3 is 9.88 Å². The molecule has 1 N–H and O–H groups in total. The highest BCUT2D eigenvalue weighted by molar-refractivity contribution is 7.91. The molecule has 3 heterocycles. The van der Waals surface area contributed by atoms with Gasteiger partial charge >= 0.3 is 0 Å². The zero-order chi connectivity index (χ0) is 14.2. The van der Waals surface area contributed by atoms with Crippen molar-refractivity contribution < 1.29 is 13.2 Å². The molecule has 0 bridgehead atoms. The number of nitrogens with one attached hydrogen (secondary N) is 1. The monoisotopic (exact) mass is 297 g/mol. The second kappa shape index (κ2) is 5.20. The van der Waals surface area contributed by atoms with Gasteiger partial charge in [0.2, 0.25) is 5.91 Å². The van der Waals surface area contributed by atoms with Gasteiger partial charge in [-0.3, -0.25) is 4.79 Å².